The minimum Gasteiger partial charge on any atom is -0.325 e. The van der Waals surface area contributed by atoms with Crippen molar-refractivity contribution in [3.8, 4) is 0 Å². The number of carbonyl (C=O) groups excluding carboxylic acids is 1. The van der Waals surface area contributed by atoms with Crippen LogP contribution in [0.3, 0.4) is 0 Å². The zero-order chi connectivity index (χ0) is 8.20. The largest absolute Gasteiger partial charge is 0.451 e. The predicted molar refractivity (Wildman–Crippen MR) is 32.3 cm³/mol. The molecule has 0 aliphatic rings. The fourth-order valence-electron chi connectivity index (χ4n) is 0.207. The van der Waals surface area contributed by atoms with Crippen molar-refractivity contribution < 1.29 is 21.6 Å². The first-order chi connectivity index (χ1) is 4.52. The van der Waals surface area contributed by atoms with Crippen LogP contribution in [0.25, 0.3) is 0 Å². The summed E-state index contributed by atoms with van der Waals surface area (Å²) in [5, 5.41) is 0. The highest BCUT2D eigenvalue weighted by Gasteiger charge is 2.13. The van der Waals surface area contributed by atoms with Crippen molar-refractivity contribution in [2.24, 2.45) is 0 Å². The third-order valence-corrected chi connectivity index (χ3v) is 1.49. The first-order valence-electron chi connectivity index (χ1n) is 2.54. The fourth-order valence-corrected chi connectivity index (χ4v) is 0.620. The van der Waals surface area contributed by atoms with E-state index in [0.717, 1.165) is 7.11 Å². The highest BCUT2D eigenvalue weighted by Crippen LogP contribution is 1.95. The molecule has 0 unspecified atom stereocenters. The highest BCUT2D eigenvalue weighted by molar-refractivity contribution is 7.82. The van der Waals surface area contributed by atoms with E-state index in [0.29, 0.717) is 0 Å². The SMILES string of the molecule is CCC(=O)OS(=O)(=O)OC. The van der Waals surface area contributed by atoms with Crippen LogP contribution in [0.15, 0.2) is 0 Å². The summed E-state index contributed by atoms with van der Waals surface area (Å²) in [6.45, 7) is 1.48. The summed E-state index contributed by atoms with van der Waals surface area (Å²) in [5.41, 5.74) is 0. The molecule has 10 heavy (non-hydrogen) atoms. The smallest absolute Gasteiger partial charge is 0.325 e. The number of hydrogen-bond donors (Lipinski definition) is 0. The van der Waals surface area contributed by atoms with Gasteiger partial charge >= 0.3 is 16.4 Å². The molecule has 0 atom stereocenters. The lowest BCUT2D eigenvalue weighted by Gasteiger charge is -1.98. The van der Waals surface area contributed by atoms with Crippen LogP contribution in [-0.4, -0.2) is 21.5 Å². The van der Waals surface area contributed by atoms with Crippen molar-refractivity contribution in [1.29, 1.82) is 0 Å². The van der Waals surface area contributed by atoms with E-state index < -0.39 is 16.4 Å². The molecule has 0 saturated heterocycles. The Morgan fingerprint density at radius 1 is 1.50 bits per heavy atom. The standard InChI is InChI=1S/C4H8O5S/c1-3-4(5)9-10(6,7)8-2/h3H2,1-2H3. The molecule has 0 aliphatic heterocycles. The molecule has 0 aromatic rings. The molecule has 0 spiro atoms. The van der Waals surface area contributed by atoms with Gasteiger partial charge in [0.2, 0.25) is 0 Å². The van der Waals surface area contributed by atoms with Gasteiger partial charge in [0.1, 0.15) is 0 Å². The third kappa shape index (κ3) is 3.41. The zero-order valence-corrected chi connectivity index (χ0v) is 6.47. The van der Waals surface area contributed by atoms with Gasteiger partial charge in [0, 0.05) is 6.42 Å². The number of rotatable bonds is 3. The molecule has 0 saturated carbocycles. The first-order valence-corrected chi connectivity index (χ1v) is 3.88. The van der Waals surface area contributed by atoms with Gasteiger partial charge < -0.3 is 4.18 Å². The first kappa shape index (κ1) is 9.38. The second-order valence-electron chi connectivity index (χ2n) is 1.38. The van der Waals surface area contributed by atoms with Crippen LogP contribution in [-0.2, 0) is 23.6 Å². The van der Waals surface area contributed by atoms with Gasteiger partial charge in [-0.15, -0.1) is 0 Å². The minimum absolute atomic E-state index is 0.00257. The lowest BCUT2D eigenvalue weighted by Crippen LogP contribution is -2.12. The molecule has 0 N–H and O–H groups in total. The summed E-state index contributed by atoms with van der Waals surface area (Å²) in [6.07, 6.45) is 0.00257. The Bertz CT molecular complexity index is 204. The highest BCUT2D eigenvalue weighted by atomic mass is 32.3. The van der Waals surface area contributed by atoms with Gasteiger partial charge in [-0.2, -0.15) is 8.42 Å². The van der Waals surface area contributed by atoms with E-state index in [1.165, 1.54) is 6.92 Å². The van der Waals surface area contributed by atoms with Crippen LogP contribution in [0, 0.1) is 0 Å². The van der Waals surface area contributed by atoms with Crippen molar-refractivity contribution in [2.45, 2.75) is 13.3 Å². The monoisotopic (exact) mass is 168 g/mol. The van der Waals surface area contributed by atoms with Crippen molar-refractivity contribution in [3.63, 3.8) is 0 Å². The van der Waals surface area contributed by atoms with Gasteiger partial charge in [-0.1, -0.05) is 6.92 Å². The van der Waals surface area contributed by atoms with Crippen LogP contribution in [0.4, 0.5) is 0 Å². The molecule has 0 amide bonds. The predicted octanol–water partition coefficient (Wildman–Crippen LogP) is -0.169. The Balaban J connectivity index is 4.03. The maximum absolute atomic E-state index is 10.3. The molecular weight excluding hydrogens is 160 g/mol. The van der Waals surface area contributed by atoms with E-state index in [4.69, 9.17) is 0 Å². The van der Waals surface area contributed by atoms with Gasteiger partial charge in [0.25, 0.3) is 0 Å². The van der Waals surface area contributed by atoms with Gasteiger partial charge in [0.15, 0.2) is 0 Å². The Morgan fingerprint density at radius 2 is 2.00 bits per heavy atom. The normalized spacial score (nSPS) is 11.0. The van der Waals surface area contributed by atoms with E-state index in [-0.39, 0.29) is 6.42 Å². The molecule has 5 nitrogen and oxygen atoms in total. The molecule has 0 radical (unpaired) electrons. The average Bonchev–Trinajstić information content (AvgIpc) is 1.87. The van der Waals surface area contributed by atoms with Crippen LogP contribution < -0.4 is 0 Å². The molecule has 60 valence electrons. The van der Waals surface area contributed by atoms with Crippen LogP contribution in [0.2, 0.25) is 0 Å². The Labute approximate surface area is 59.3 Å². The van der Waals surface area contributed by atoms with E-state index in [1.807, 2.05) is 0 Å². The lowest BCUT2D eigenvalue weighted by atomic mass is 10.5. The molecule has 0 rings (SSSR count). The summed E-state index contributed by atoms with van der Waals surface area (Å²) >= 11 is 0. The summed E-state index contributed by atoms with van der Waals surface area (Å²) in [6, 6.07) is 0. The Kier molecular flexibility index (Phi) is 3.31. The van der Waals surface area contributed by atoms with E-state index >= 15 is 0 Å². The van der Waals surface area contributed by atoms with E-state index in [2.05, 4.69) is 8.37 Å². The fraction of sp³-hybridized carbons (Fsp3) is 0.750. The summed E-state index contributed by atoms with van der Waals surface area (Å²) < 4.78 is 28.3. The van der Waals surface area contributed by atoms with Gasteiger partial charge in [-0.05, 0) is 0 Å². The molecule has 0 aromatic heterocycles. The molecule has 0 bridgehead atoms. The zero-order valence-electron chi connectivity index (χ0n) is 5.66. The molecule has 6 heteroatoms. The summed E-state index contributed by atoms with van der Waals surface area (Å²) in [7, 11) is -3.17. The van der Waals surface area contributed by atoms with Crippen LogP contribution >= 0.6 is 0 Å². The molecule has 0 fully saturated rings. The van der Waals surface area contributed by atoms with Crippen LogP contribution in [0.1, 0.15) is 13.3 Å². The number of hydrogen-bond acceptors (Lipinski definition) is 5. The number of carbonyl (C=O) groups is 1. The van der Waals surface area contributed by atoms with Crippen molar-refractivity contribution in [1.82, 2.24) is 0 Å². The molecular formula is C4H8O5S. The molecule has 0 heterocycles. The summed E-state index contributed by atoms with van der Waals surface area (Å²) in [5.74, 6) is -0.832. The molecule has 0 aliphatic carbocycles. The van der Waals surface area contributed by atoms with Gasteiger partial charge in [-0.25, -0.2) is 4.18 Å². The van der Waals surface area contributed by atoms with Crippen molar-refractivity contribution in [2.75, 3.05) is 7.11 Å². The topological polar surface area (TPSA) is 69.7 Å². The average molecular weight is 168 g/mol. The second-order valence-corrected chi connectivity index (χ2v) is 2.70. The van der Waals surface area contributed by atoms with Crippen molar-refractivity contribution in [3.05, 3.63) is 0 Å². The van der Waals surface area contributed by atoms with Gasteiger partial charge in [0.05, 0.1) is 7.11 Å². The van der Waals surface area contributed by atoms with Gasteiger partial charge in [-0.3, -0.25) is 4.79 Å². The van der Waals surface area contributed by atoms with E-state index in [1.54, 1.807) is 0 Å². The second kappa shape index (κ2) is 3.52. The minimum atomic E-state index is -4.08. The third-order valence-electron chi connectivity index (χ3n) is 0.688. The molecule has 0 aromatic carbocycles. The maximum atomic E-state index is 10.3. The quantitative estimate of drug-likeness (QED) is 0.585. The Hall–Kier alpha value is -0.620. The van der Waals surface area contributed by atoms with Crippen molar-refractivity contribution >= 4 is 16.4 Å². The Morgan fingerprint density at radius 3 is 2.30 bits per heavy atom. The van der Waals surface area contributed by atoms with E-state index in [9.17, 15) is 13.2 Å². The lowest BCUT2D eigenvalue weighted by molar-refractivity contribution is -0.134. The maximum Gasteiger partial charge on any atom is 0.451 e. The summed E-state index contributed by atoms with van der Waals surface area (Å²) in [4.78, 5) is 10.3. The van der Waals surface area contributed by atoms with Crippen LogP contribution in [0.5, 0.6) is 0 Å².